The summed E-state index contributed by atoms with van der Waals surface area (Å²) in [5.41, 5.74) is 0.0817. The number of carboxylic acids is 1. The van der Waals surface area contributed by atoms with Crippen molar-refractivity contribution < 1.29 is 24.5 Å². The minimum Gasteiger partial charge on any atom is -0.511 e. The number of anilines is 1. The topological polar surface area (TPSA) is 120 Å². The highest BCUT2D eigenvalue weighted by Crippen LogP contribution is 2.18. The van der Waals surface area contributed by atoms with Gasteiger partial charge >= 0.3 is 5.97 Å². The molecule has 0 radical (unpaired) electrons. The van der Waals surface area contributed by atoms with E-state index in [1.807, 2.05) is 0 Å². The average molecular weight is 370 g/mol. The number of nitrogens with zero attached hydrogens (tertiary/aromatic N) is 1. The monoisotopic (exact) mass is 370 g/mol. The van der Waals surface area contributed by atoms with E-state index in [1.165, 1.54) is 0 Å². The van der Waals surface area contributed by atoms with Gasteiger partial charge in [-0.2, -0.15) is 5.26 Å². The summed E-state index contributed by atoms with van der Waals surface area (Å²) < 4.78 is 5.54. The first-order valence-corrected chi connectivity index (χ1v) is 8.49. The number of aliphatic hydroxyl groups excluding tert-OH is 1. The van der Waals surface area contributed by atoms with Crippen molar-refractivity contribution in [2.75, 3.05) is 11.9 Å². The van der Waals surface area contributed by atoms with E-state index in [1.54, 1.807) is 30.3 Å². The number of terminal acetylenes is 1. The fourth-order valence-corrected chi connectivity index (χ4v) is 2.14. The van der Waals surface area contributed by atoms with Gasteiger partial charge in [-0.15, -0.1) is 12.3 Å². The Labute approximate surface area is 158 Å². The van der Waals surface area contributed by atoms with Crippen LogP contribution in [0.1, 0.15) is 38.5 Å². The Morgan fingerprint density at radius 2 is 1.81 bits per heavy atom. The zero-order chi connectivity index (χ0) is 20.1. The number of allylic oxidation sites excluding steroid dienone is 1. The van der Waals surface area contributed by atoms with Crippen LogP contribution in [0.15, 0.2) is 35.6 Å². The number of nitrogens with one attached hydrogen (secondary N) is 1. The van der Waals surface area contributed by atoms with E-state index >= 15 is 0 Å². The quantitative estimate of drug-likeness (QED) is 0.181. The van der Waals surface area contributed by atoms with Crippen molar-refractivity contribution in [1.82, 2.24) is 0 Å². The summed E-state index contributed by atoms with van der Waals surface area (Å²) in [5.74, 6) is 1.10. The SMILES string of the molecule is C#CCC/C(O)=C(\C#N)C(=O)Nc1ccc(OCCCCCC(=O)O)cc1. The second kappa shape index (κ2) is 12.0. The highest BCUT2D eigenvalue weighted by atomic mass is 16.5. The van der Waals surface area contributed by atoms with Crippen LogP contribution < -0.4 is 10.1 Å². The molecule has 0 unspecified atom stereocenters. The zero-order valence-electron chi connectivity index (χ0n) is 14.9. The lowest BCUT2D eigenvalue weighted by Gasteiger charge is -2.08. The Morgan fingerprint density at radius 3 is 2.41 bits per heavy atom. The molecular weight excluding hydrogens is 348 g/mol. The summed E-state index contributed by atoms with van der Waals surface area (Å²) in [4.78, 5) is 22.5. The summed E-state index contributed by atoms with van der Waals surface area (Å²) >= 11 is 0. The first-order valence-electron chi connectivity index (χ1n) is 8.49. The molecule has 27 heavy (non-hydrogen) atoms. The van der Waals surface area contributed by atoms with Crippen molar-refractivity contribution in [1.29, 1.82) is 5.26 Å². The van der Waals surface area contributed by atoms with E-state index in [9.17, 15) is 14.7 Å². The number of ether oxygens (including phenoxy) is 1. The van der Waals surface area contributed by atoms with Gasteiger partial charge in [0.25, 0.3) is 5.91 Å². The van der Waals surface area contributed by atoms with Gasteiger partial charge < -0.3 is 20.3 Å². The van der Waals surface area contributed by atoms with Crippen molar-refractivity contribution in [2.45, 2.75) is 38.5 Å². The Morgan fingerprint density at radius 1 is 1.11 bits per heavy atom. The normalized spacial score (nSPS) is 10.9. The molecule has 0 spiro atoms. The van der Waals surface area contributed by atoms with E-state index < -0.39 is 11.9 Å². The molecule has 7 nitrogen and oxygen atoms in total. The molecule has 0 aliphatic heterocycles. The molecule has 0 heterocycles. The maximum Gasteiger partial charge on any atom is 0.303 e. The van der Waals surface area contributed by atoms with E-state index in [0.29, 0.717) is 24.5 Å². The van der Waals surface area contributed by atoms with E-state index in [0.717, 1.165) is 12.8 Å². The maximum absolute atomic E-state index is 12.1. The third-order valence-corrected chi connectivity index (χ3v) is 3.55. The standard InChI is InChI=1S/C20H22N2O5/c1-2-3-7-18(23)17(14-21)20(26)22-15-9-11-16(12-10-15)27-13-6-4-5-8-19(24)25/h1,9-12,23H,3-8,13H2,(H,22,26)(H,24,25)/b18-17-. The molecule has 0 aliphatic carbocycles. The number of amides is 1. The summed E-state index contributed by atoms with van der Waals surface area (Å²) in [6.45, 7) is 0.468. The lowest BCUT2D eigenvalue weighted by atomic mass is 10.1. The molecule has 3 N–H and O–H groups in total. The molecule has 0 aliphatic rings. The van der Waals surface area contributed by atoms with Crippen LogP contribution >= 0.6 is 0 Å². The first-order chi connectivity index (χ1) is 13.0. The molecule has 0 atom stereocenters. The largest absolute Gasteiger partial charge is 0.511 e. The third-order valence-electron chi connectivity index (χ3n) is 3.55. The number of hydrogen-bond donors (Lipinski definition) is 3. The van der Waals surface area contributed by atoms with Gasteiger partial charge in [-0.05, 0) is 43.5 Å². The van der Waals surface area contributed by atoms with Crippen LogP contribution in [-0.4, -0.2) is 28.7 Å². The van der Waals surface area contributed by atoms with Crippen molar-refractivity contribution in [3.63, 3.8) is 0 Å². The number of benzene rings is 1. The zero-order valence-corrected chi connectivity index (χ0v) is 14.9. The van der Waals surface area contributed by atoms with Crippen molar-refractivity contribution >= 4 is 17.6 Å². The third kappa shape index (κ3) is 8.46. The van der Waals surface area contributed by atoms with Gasteiger partial charge in [0.15, 0.2) is 5.57 Å². The summed E-state index contributed by atoms with van der Waals surface area (Å²) in [5, 5.41) is 29.9. The lowest BCUT2D eigenvalue weighted by molar-refractivity contribution is -0.137. The van der Waals surface area contributed by atoms with Crippen LogP contribution in [0.2, 0.25) is 0 Å². The molecule has 1 amide bonds. The number of hydrogen-bond acceptors (Lipinski definition) is 5. The van der Waals surface area contributed by atoms with Crippen LogP contribution in [0.4, 0.5) is 5.69 Å². The number of rotatable bonds is 11. The lowest BCUT2D eigenvalue weighted by Crippen LogP contribution is -2.15. The van der Waals surface area contributed by atoms with Crippen LogP contribution in [-0.2, 0) is 9.59 Å². The maximum atomic E-state index is 12.1. The van der Waals surface area contributed by atoms with Crippen LogP contribution in [0.5, 0.6) is 5.75 Å². The van der Waals surface area contributed by atoms with E-state index in [-0.39, 0.29) is 30.6 Å². The predicted octanol–water partition coefficient (Wildman–Crippen LogP) is 3.40. The molecular formula is C20H22N2O5. The molecule has 7 heteroatoms. The fraction of sp³-hybridized carbons (Fsp3) is 0.350. The molecule has 0 bridgehead atoms. The Kier molecular flexibility index (Phi) is 9.59. The summed E-state index contributed by atoms with van der Waals surface area (Å²) in [7, 11) is 0. The minimum absolute atomic E-state index is 0.0616. The second-order valence-corrected chi connectivity index (χ2v) is 5.67. The van der Waals surface area contributed by atoms with Gasteiger partial charge in [0, 0.05) is 24.9 Å². The van der Waals surface area contributed by atoms with E-state index in [4.69, 9.17) is 21.5 Å². The number of carboxylic acid groups (broad SMARTS) is 1. The highest BCUT2D eigenvalue weighted by Gasteiger charge is 2.15. The number of aliphatic carboxylic acids is 1. The Bertz CT molecular complexity index is 754. The Balaban J connectivity index is 2.49. The molecule has 1 aromatic rings. The number of nitriles is 1. The van der Waals surface area contributed by atoms with Gasteiger partial charge in [-0.1, -0.05) is 0 Å². The van der Waals surface area contributed by atoms with Crippen molar-refractivity contribution in [3.05, 3.63) is 35.6 Å². The van der Waals surface area contributed by atoms with Gasteiger partial charge in [0.2, 0.25) is 0 Å². The molecule has 0 saturated heterocycles. The van der Waals surface area contributed by atoms with Gasteiger partial charge in [-0.25, -0.2) is 0 Å². The van der Waals surface area contributed by atoms with Gasteiger partial charge in [0.1, 0.15) is 17.6 Å². The molecule has 0 saturated carbocycles. The number of carbonyl (C=O) groups is 2. The summed E-state index contributed by atoms with van der Waals surface area (Å²) in [6.07, 6.45) is 7.69. The van der Waals surface area contributed by atoms with Gasteiger partial charge in [0.05, 0.1) is 6.61 Å². The van der Waals surface area contributed by atoms with Crippen LogP contribution in [0, 0.1) is 23.7 Å². The molecule has 142 valence electrons. The average Bonchev–Trinajstić information content (AvgIpc) is 2.64. The predicted molar refractivity (Wildman–Crippen MR) is 100 cm³/mol. The summed E-state index contributed by atoms with van der Waals surface area (Å²) in [6, 6.07) is 8.25. The Hall–Kier alpha value is -3.45. The number of unbranched alkanes of at least 4 members (excludes halogenated alkanes) is 2. The van der Waals surface area contributed by atoms with Crippen LogP contribution in [0.3, 0.4) is 0 Å². The second-order valence-electron chi connectivity index (χ2n) is 5.67. The van der Waals surface area contributed by atoms with Gasteiger partial charge in [-0.3, -0.25) is 9.59 Å². The number of carbonyl (C=O) groups excluding carboxylic acids is 1. The van der Waals surface area contributed by atoms with Crippen LogP contribution in [0.25, 0.3) is 0 Å². The molecule has 1 rings (SSSR count). The first kappa shape index (κ1) is 21.6. The fourth-order valence-electron chi connectivity index (χ4n) is 2.14. The van der Waals surface area contributed by atoms with E-state index in [2.05, 4.69) is 11.2 Å². The molecule has 1 aromatic carbocycles. The molecule has 0 fully saturated rings. The van der Waals surface area contributed by atoms with Crippen molar-refractivity contribution in [3.8, 4) is 24.2 Å². The molecule has 0 aromatic heterocycles. The minimum atomic E-state index is -0.799. The number of aliphatic hydroxyl groups is 1. The highest BCUT2D eigenvalue weighted by molar-refractivity contribution is 6.06. The van der Waals surface area contributed by atoms with Crippen molar-refractivity contribution in [2.24, 2.45) is 0 Å². The smallest absolute Gasteiger partial charge is 0.303 e.